The fourth-order valence-electron chi connectivity index (χ4n) is 2.74. The lowest BCUT2D eigenvalue weighted by Gasteiger charge is -2.05. The lowest BCUT2D eigenvalue weighted by atomic mass is 10.1. The number of nitrogens with zero attached hydrogens (tertiary/aromatic N) is 5. The van der Waals surface area contributed by atoms with Crippen LogP contribution in [-0.2, 0) is 13.0 Å². The van der Waals surface area contributed by atoms with E-state index in [0.717, 1.165) is 22.5 Å². The molecular formula is C19H14FN5O3. The monoisotopic (exact) mass is 379 g/mol. The number of aromatic nitrogens is 5. The molecule has 0 fully saturated rings. The van der Waals surface area contributed by atoms with E-state index in [-0.39, 0.29) is 18.3 Å². The summed E-state index contributed by atoms with van der Waals surface area (Å²) in [6.07, 6.45) is 3.84. The summed E-state index contributed by atoms with van der Waals surface area (Å²) in [5, 5.41) is 17.0. The van der Waals surface area contributed by atoms with Crippen LogP contribution in [0.5, 0.6) is 0 Å². The van der Waals surface area contributed by atoms with Gasteiger partial charge in [0.2, 0.25) is 5.89 Å². The molecule has 0 aliphatic rings. The lowest BCUT2D eigenvalue weighted by Crippen LogP contribution is -2.08. The summed E-state index contributed by atoms with van der Waals surface area (Å²) in [7, 11) is 0. The predicted molar refractivity (Wildman–Crippen MR) is 95.0 cm³/mol. The minimum atomic E-state index is -1.26. The van der Waals surface area contributed by atoms with E-state index >= 15 is 0 Å². The maximum absolute atomic E-state index is 13.2. The largest absolute Gasteiger partial charge is 0.475 e. The fourth-order valence-corrected chi connectivity index (χ4v) is 2.74. The summed E-state index contributed by atoms with van der Waals surface area (Å²) < 4.78 is 19.9. The minimum Gasteiger partial charge on any atom is -0.475 e. The molecule has 0 amide bonds. The van der Waals surface area contributed by atoms with E-state index in [1.807, 2.05) is 18.2 Å². The number of pyridine rings is 1. The van der Waals surface area contributed by atoms with Gasteiger partial charge in [0.25, 0.3) is 5.82 Å². The molecule has 3 heterocycles. The molecule has 4 rings (SSSR count). The first-order chi connectivity index (χ1) is 13.6. The topological polar surface area (TPSA) is 107 Å². The Morgan fingerprint density at radius 2 is 1.89 bits per heavy atom. The van der Waals surface area contributed by atoms with Crippen molar-refractivity contribution < 1.29 is 18.8 Å². The number of carboxylic acid groups (broad SMARTS) is 1. The van der Waals surface area contributed by atoms with Gasteiger partial charge in [-0.1, -0.05) is 12.1 Å². The molecule has 0 spiro atoms. The molecular weight excluding hydrogens is 365 g/mol. The number of rotatable bonds is 6. The van der Waals surface area contributed by atoms with Crippen molar-refractivity contribution in [3.8, 4) is 11.3 Å². The minimum absolute atomic E-state index is 0.113. The standard InChI is InChI=1S/C19H14FN5O3/c20-14-3-1-12(2-4-14)9-15-10-16(13-5-7-21-8-6-13)23-25(15)11-17-22-18(19(26)27)24-28-17/h1-8,10H,9,11H2,(H,26,27). The van der Waals surface area contributed by atoms with Gasteiger partial charge in [0.15, 0.2) is 0 Å². The quantitative estimate of drug-likeness (QED) is 0.549. The number of hydrogen-bond acceptors (Lipinski definition) is 6. The van der Waals surface area contributed by atoms with E-state index in [2.05, 4.69) is 20.2 Å². The number of aromatic carboxylic acids is 1. The molecule has 0 aliphatic heterocycles. The third kappa shape index (κ3) is 3.78. The van der Waals surface area contributed by atoms with E-state index in [0.29, 0.717) is 6.42 Å². The maximum Gasteiger partial charge on any atom is 0.377 e. The van der Waals surface area contributed by atoms with Gasteiger partial charge in [-0.05, 0) is 41.1 Å². The Morgan fingerprint density at radius 3 is 2.57 bits per heavy atom. The van der Waals surface area contributed by atoms with Gasteiger partial charge in [-0.15, -0.1) is 0 Å². The smallest absolute Gasteiger partial charge is 0.377 e. The predicted octanol–water partition coefficient (Wildman–Crippen LogP) is 2.80. The zero-order valence-corrected chi connectivity index (χ0v) is 14.5. The van der Waals surface area contributed by atoms with Crippen molar-refractivity contribution >= 4 is 5.97 Å². The second-order valence-corrected chi connectivity index (χ2v) is 6.03. The van der Waals surface area contributed by atoms with Gasteiger partial charge in [-0.2, -0.15) is 10.1 Å². The third-order valence-corrected chi connectivity index (χ3v) is 4.08. The number of carboxylic acids is 1. The molecule has 0 bridgehead atoms. The Labute approximate surface area is 158 Å². The van der Waals surface area contributed by atoms with Gasteiger partial charge >= 0.3 is 5.97 Å². The Hall–Kier alpha value is -3.88. The molecule has 0 atom stereocenters. The normalized spacial score (nSPS) is 10.9. The zero-order valence-electron chi connectivity index (χ0n) is 14.5. The highest BCUT2D eigenvalue weighted by Crippen LogP contribution is 2.21. The molecule has 0 radical (unpaired) electrons. The highest BCUT2D eigenvalue weighted by atomic mass is 19.1. The van der Waals surface area contributed by atoms with Crippen LogP contribution in [0.2, 0.25) is 0 Å². The Kier molecular flexibility index (Phi) is 4.63. The maximum atomic E-state index is 13.2. The first kappa shape index (κ1) is 17.5. The molecule has 4 aromatic rings. The van der Waals surface area contributed by atoms with Gasteiger partial charge in [-0.25, -0.2) is 9.18 Å². The van der Waals surface area contributed by atoms with Crippen LogP contribution in [0.4, 0.5) is 4.39 Å². The lowest BCUT2D eigenvalue weighted by molar-refractivity contribution is 0.0680. The van der Waals surface area contributed by atoms with Crippen LogP contribution < -0.4 is 0 Å². The van der Waals surface area contributed by atoms with Gasteiger partial charge < -0.3 is 9.63 Å². The first-order valence-electron chi connectivity index (χ1n) is 8.36. The van der Waals surface area contributed by atoms with Crippen molar-refractivity contribution in [3.63, 3.8) is 0 Å². The molecule has 0 saturated carbocycles. The number of halogens is 1. The molecule has 140 valence electrons. The van der Waals surface area contributed by atoms with Crippen molar-refractivity contribution in [1.29, 1.82) is 0 Å². The summed E-state index contributed by atoms with van der Waals surface area (Å²) in [6.45, 7) is 0.113. The number of hydrogen-bond donors (Lipinski definition) is 1. The number of carbonyl (C=O) groups is 1. The molecule has 1 N–H and O–H groups in total. The summed E-state index contributed by atoms with van der Waals surface area (Å²) in [5.41, 5.74) is 3.33. The van der Waals surface area contributed by atoms with Gasteiger partial charge in [-0.3, -0.25) is 9.67 Å². The summed E-state index contributed by atoms with van der Waals surface area (Å²) in [5.74, 6) is -1.85. The Balaban J connectivity index is 1.68. The highest BCUT2D eigenvalue weighted by molar-refractivity contribution is 5.82. The van der Waals surface area contributed by atoms with Gasteiger partial charge in [0.1, 0.15) is 12.4 Å². The van der Waals surface area contributed by atoms with Crippen molar-refractivity contribution in [2.75, 3.05) is 0 Å². The van der Waals surface area contributed by atoms with Crippen LogP contribution in [0.25, 0.3) is 11.3 Å². The average molecular weight is 379 g/mol. The van der Waals surface area contributed by atoms with E-state index in [4.69, 9.17) is 9.63 Å². The molecule has 0 saturated heterocycles. The summed E-state index contributed by atoms with van der Waals surface area (Å²) in [4.78, 5) is 18.8. The molecule has 9 heteroatoms. The van der Waals surface area contributed by atoms with Crippen molar-refractivity contribution in [2.24, 2.45) is 0 Å². The van der Waals surface area contributed by atoms with Crippen molar-refractivity contribution in [2.45, 2.75) is 13.0 Å². The molecule has 3 aromatic heterocycles. The van der Waals surface area contributed by atoms with Gasteiger partial charge in [0, 0.05) is 30.1 Å². The van der Waals surface area contributed by atoms with Gasteiger partial charge in [0.05, 0.1) is 5.69 Å². The van der Waals surface area contributed by atoms with Crippen LogP contribution in [0.15, 0.2) is 59.4 Å². The molecule has 28 heavy (non-hydrogen) atoms. The number of benzene rings is 1. The van der Waals surface area contributed by atoms with E-state index < -0.39 is 11.8 Å². The Morgan fingerprint density at radius 1 is 1.14 bits per heavy atom. The average Bonchev–Trinajstić information content (AvgIpc) is 3.32. The van der Waals surface area contributed by atoms with Crippen LogP contribution in [0.1, 0.15) is 27.8 Å². The van der Waals surface area contributed by atoms with Crippen LogP contribution >= 0.6 is 0 Å². The molecule has 8 nitrogen and oxygen atoms in total. The van der Waals surface area contributed by atoms with E-state index in [9.17, 15) is 9.18 Å². The Bertz CT molecular complexity index is 1110. The first-order valence-corrected chi connectivity index (χ1v) is 8.36. The SMILES string of the molecule is O=C(O)c1noc(Cn2nc(-c3ccncc3)cc2Cc2ccc(F)cc2)n1. The van der Waals surface area contributed by atoms with Crippen LogP contribution in [0, 0.1) is 5.82 Å². The fraction of sp³-hybridized carbons (Fsp3) is 0.105. The van der Waals surface area contributed by atoms with Crippen LogP contribution in [0.3, 0.4) is 0 Å². The summed E-state index contributed by atoms with van der Waals surface area (Å²) in [6, 6.07) is 11.8. The van der Waals surface area contributed by atoms with Crippen LogP contribution in [-0.4, -0.2) is 36.0 Å². The third-order valence-electron chi connectivity index (χ3n) is 4.08. The van der Waals surface area contributed by atoms with Crippen molar-refractivity contribution in [1.82, 2.24) is 24.9 Å². The second kappa shape index (κ2) is 7.39. The van der Waals surface area contributed by atoms with E-state index in [1.54, 1.807) is 29.2 Å². The molecule has 0 unspecified atom stereocenters. The van der Waals surface area contributed by atoms with E-state index in [1.165, 1.54) is 12.1 Å². The zero-order chi connectivity index (χ0) is 19.5. The van der Waals surface area contributed by atoms with Crippen molar-refractivity contribution in [3.05, 3.63) is 83.6 Å². The summed E-state index contributed by atoms with van der Waals surface area (Å²) >= 11 is 0. The highest BCUT2D eigenvalue weighted by Gasteiger charge is 2.16. The molecule has 1 aromatic carbocycles. The molecule has 0 aliphatic carbocycles. The second-order valence-electron chi connectivity index (χ2n) is 6.03.